The van der Waals surface area contributed by atoms with Crippen LogP contribution in [0.2, 0.25) is 0 Å². The van der Waals surface area contributed by atoms with Crippen molar-refractivity contribution in [2.75, 3.05) is 7.11 Å². The lowest BCUT2D eigenvalue weighted by Crippen LogP contribution is -2.27. The lowest BCUT2D eigenvalue weighted by molar-refractivity contribution is -0.133. The highest BCUT2D eigenvalue weighted by atomic mass is 16.5. The van der Waals surface area contributed by atoms with Gasteiger partial charge < -0.3 is 14.8 Å². The number of aromatic nitrogens is 1. The normalized spacial score (nSPS) is 14.4. The fraction of sp³-hybridized carbons (Fsp3) is 0.185. The number of hydrogen-bond acceptors (Lipinski definition) is 7. The average molecular weight is 471 g/mol. The standard InChI is InChI=1S/C27H26N4O4/c1-19(32)35-26-25(27(33)31(30-26)18-20-10-4-3-5-11-20)23(29-17-22-13-8-9-15-28-22)16-21-12-6-7-14-24(21)34-2/h3-15,29H,16-18H2,1-2H3/b25-23-. The third-order valence-electron chi connectivity index (χ3n) is 5.36. The molecule has 4 rings (SSSR count). The molecule has 178 valence electrons. The molecule has 1 N–H and O–H groups in total. The van der Waals surface area contributed by atoms with E-state index in [2.05, 4.69) is 15.4 Å². The molecule has 0 spiro atoms. The number of pyridine rings is 1. The van der Waals surface area contributed by atoms with Gasteiger partial charge in [-0.05, 0) is 29.3 Å². The second-order valence-corrected chi connectivity index (χ2v) is 7.86. The van der Waals surface area contributed by atoms with E-state index in [4.69, 9.17) is 9.47 Å². The average Bonchev–Trinajstić information content (AvgIpc) is 3.16. The molecule has 2 heterocycles. The van der Waals surface area contributed by atoms with E-state index < -0.39 is 5.97 Å². The second-order valence-electron chi connectivity index (χ2n) is 7.86. The number of hydrazone groups is 1. The van der Waals surface area contributed by atoms with Crippen LogP contribution in [0.5, 0.6) is 5.75 Å². The number of nitrogens with zero attached hydrogens (tertiary/aromatic N) is 3. The summed E-state index contributed by atoms with van der Waals surface area (Å²) in [5.74, 6) is -0.264. The zero-order valence-electron chi connectivity index (χ0n) is 19.6. The fourth-order valence-electron chi connectivity index (χ4n) is 3.73. The van der Waals surface area contributed by atoms with Crippen molar-refractivity contribution in [1.29, 1.82) is 0 Å². The molecular weight excluding hydrogens is 444 g/mol. The highest BCUT2D eigenvalue weighted by Gasteiger charge is 2.35. The van der Waals surface area contributed by atoms with E-state index in [1.807, 2.05) is 72.8 Å². The highest BCUT2D eigenvalue weighted by Crippen LogP contribution is 2.26. The Kier molecular flexibility index (Phi) is 7.52. The Morgan fingerprint density at radius 3 is 2.46 bits per heavy atom. The Labute approximate surface area is 203 Å². The van der Waals surface area contributed by atoms with E-state index >= 15 is 0 Å². The number of carbonyl (C=O) groups excluding carboxylic acids is 2. The number of nitrogens with one attached hydrogen (secondary N) is 1. The summed E-state index contributed by atoms with van der Waals surface area (Å²) in [6.07, 6.45) is 2.04. The zero-order chi connectivity index (χ0) is 24.6. The molecule has 0 atom stereocenters. The molecule has 35 heavy (non-hydrogen) atoms. The van der Waals surface area contributed by atoms with Crippen LogP contribution in [0.1, 0.15) is 23.7 Å². The van der Waals surface area contributed by atoms with Crippen LogP contribution in [0.25, 0.3) is 0 Å². The minimum absolute atomic E-state index is 0.0307. The monoisotopic (exact) mass is 470 g/mol. The van der Waals surface area contributed by atoms with Crippen LogP contribution in [-0.2, 0) is 33.8 Å². The predicted octanol–water partition coefficient (Wildman–Crippen LogP) is 3.60. The second kappa shape index (κ2) is 11.1. The van der Waals surface area contributed by atoms with Crippen molar-refractivity contribution in [3.63, 3.8) is 0 Å². The maximum atomic E-state index is 13.6. The van der Waals surface area contributed by atoms with Crippen LogP contribution in [0.3, 0.4) is 0 Å². The first-order chi connectivity index (χ1) is 17.0. The van der Waals surface area contributed by atoms with Crippen molar-refractivity contribution in [2.45, 2.75) is 26.4 Å². The quantitative estimate of drug-likeness (QED) is 0.400. The molecule has 0 saturated carbocycles. The van der Waals surface area contributed by atoms with Crippen LogP contribution in [0.15, 0.2) is 95.4 Å². The minimum atomic E-state index is -0.558. The number of benzene rings is 2. The van der Waals surface area contributed by atoms with Gasteiger partial charge in [-0.15, -0.1) is 5.10 Å². The van der Waals surface area contributed by atoms with Crippen molar-refractivity contribution in [1.82, 2.24) is 15.3 Å². The van der Waals surface area contributed by atoms with Gasteiger partial charge in [-0.25, -0.2) is 5.01 Å². The molecule has 0 radical (unpaired) electrons. The van der Waals surface area contributed by atoms with Crippen LogP contribution in [-0.4, -0.2) is 34.9 Å². The first kappa shape index (κ1) is 23.7. The summed E-state index contributed by atoms with van der Waals surface area (Å²) >= 11 is 0. The molecule has 8 heteroatoms. The van der Waals surface area contributed by atoms with Crippen molar-refractivity contribution in [2.24, 2.45) is 5.10 Å². The molecule has 1 amide bonds. The Balaban J connectivity index is 1.73. The molecule has 0 saturated heterocycles. The molecule has 0 fully saturated rings. The molecular formula is C27H26N4O4. The van der Waals surface area contributed by atoms with Gasteiger partial charge in [0.25, 0.3) is 11.8 Å². The lowest BCUT2D eigenvalue weighted by Gasteiger charge is -2.17. The summed E-state index contributed by atoms with van der Waals surface area (Å²) in [5.41, 5.74) is 3.32. The number of hydrogen-bond donors (Lipinski definition) is 1. The Morgan fingerprint density at radius 1 is 1.00 bits per heavy atom. The highest BCUT2D eigenvalue weighted by molar-refractivity contribution is 6.23. The summed E-state index contributed by atoms with van der Waals surface area (Å²) in [6, 6.07) is 22.7. The van der Waals surface area contributed by atoms with Gasteiger partial charge >= 0.3 is 5.97 Å². The van der Waals surface area contributed by atoms with E-state index in [1.165, 1.54) is 11.9 Å². The lowest BCUT2D eigenvalue weighted by atomic mass is 10.0. The maximum absolute atomic E-state index is 13.6. The van der Waals surface area contributed by atoms with Crippen LogP contribution in [0, 0.1) is 0 Å². The smallest absolute Gasteiger partial charge is 0.309 e. The van der Waals surface area contributed by atoms with Gasteiger partial charge in [0.2, 0.25) is 0 Å². The predicted molar refractivity (Wildman–Crippen MR) is 131 cm³/mol. The molecule has 8 nitrogen and oxygen atoms in total. The Hall–Kier alpha value is -4.46. The van der Waals surface area contributed by atoms with E-state index in [-0.39, 0.29) is 23.9 Å². The largest absolute Gasteiger partial charge is 0.496 e. The summed E-state index contributed by atoms with van der Waals surface area (Å²) in [7, 11) is 1.60. The number of ether oxygens (including phenoxy) is 2. The number of para-hydroxylation sites is 1. The molecule has 1 aromatic heterocycles. The minimum Gasteiger partial charge on any atom is -0.496 e. The fourth-order valence-corrected chi connectivity index (χ4v) is 3.73. The van der Waals surface area contributed by atoms with Crippen molar-refractivity contribution in [3.8, 4) is 5.75 Å². The number of amides is 1. The van der Waals surface area contributed by atoms with E-state index in [9.17, 15) is 9.59 Å². The van der Waals surface area contributed by atoms with Gasteiger partial charge in [-0.1, -0.05) is 54.6 Å². The SMILES string of the molecule is COc1ccccc1C/C(NCc1ccccn1)=C1/C(=O)N(Cc2ccccc2)N=C1OC(C)=O. The number of carbonyl (C=O) groups is 2. The number of esters is 1. The van der Waals surface area contributed by atoms with Crippen LogP contribution in [0.4, 0.5) is 0 Å². The first-order valence-electron chi connectivity index (χ1n) is 11.2. The van der Waals surface area contributed by atoms with E-state index in [1.54, 1.807) is 13.3 Å². The molecule has 0 bridgehead atoms. The van der Waals surface area contributed by atoms with Gasteiger partial charge in [0.1, 0.15) is 11.3 Å². The molecule has 1 aliphatic rings. The summed E-state index contributed by atoms with van der Waals surface area (Å²) in [5, 5.41) is 9.01. The third kappa shape index (κ3) is 5.92. The van der Waals surface area contributed by atoms with Gasteiger partial charge in [-0.3, -0.25) is 14.6 Å². The van der Waals surface area contributed by atoms with Crippen molar-refractivity contribution in [3.05, 3.63) is 107 Å². The van der Waals surface area contributed by atoms with Gasteiger partial charge in [0, 0.05) is 25.2 Å². The summed E-state index contributed by atoms with van der Waals surface area (Å²) in [4.78, 5) is 29.8. The molecule has 0 unspecified atom stereocenters. The number of methoxy groups -OCH3 is 1. The molecule has 1 aliphatic heterocycles. The Bertz CT molecular complexity index is 1260. The van der Waals surface area contributed by atoms with Crippen LogP contribution < -0.4 is 10.1 Å². The molecule has 0 aliphatic carbocycles. The zero-order valence-corrected chi connectivity index (χ0v) is 19.6. The number of rotatable bonds is 8. The maximum Gasteiger partial charge on any atom is 0.309 e. The molecule has 2 aromatic carbocycles. The van der Waals surface area contributed by atoms with Gasteiger partial charge in [0.15, 0.2) is 0 Å². The van der Waals surface area contributed by atoms with E-state index in [0.717, 1.165) is 16.8 Å². The third-order valence-corrected chi connectivity index (χ3v) is 5.36. The van der Waals surface area contributed by atoms with Crippen LogP contribution >= 0.6 is 0 Å². The van der Waals surface area contributed by atoms with Gasteiger partial charge in [0.05, 0.1) is 25.9 Å². The number of allylic oxidation sites excluding steroid dienone is 1. The Morgan fingerprint density at radius 2 is 1.74 bits per heavy atom. The van der Waals surface area contributed by atoms with Gasteiger partial charge in [-0.2, -0.15) is 0 Å². The van der Waals surface area contributed by atoms with E-state index in [0.29, 0.717) is 24.4 Å². The van der Waals surface area contributed by atoms with Crippen molar-refractivity contribution >= 4 is 17.8 Å². The first-order valence-corrected chi connectivity index (χ1v) is 11.2. The summed E-state index contributed by atoms with van der Waals surface area (Å²) < 4.78 is 10.9. The summed E-state index contributed by atoms with van der Waals surface area (Å²) in [6.45, 7) is 1.90. The molecule has 3 aromatic rings. The van der Waals surface area contributed by atoms with Crippen molar-refractivity contribution < 1.29 is 19.1 Å². The topological polar surface area (TPSA) is 93.1 Å².